The number of hydrogen-bond donors (Lipinski definition) is 4. The number of methoxy groups -OCH3 is 2. The Kier molecular flexibility index (Phi) is 12.4. The van der Waals surface area contributed by atoms with Gasteiger partial charge in [0, 0.05) is 49.4 Å². The molecule has 0 bridgehead atoms. The van der Waals surface area contributed by atoms with E-state index in [-0.39, 0.29) is 0 Å². The van der Waals surface area contributed by atoms with Gasteiger partial charge < -0.3 is 39.8 Å². The van der Waals surface area contributed by atoms with Crippen LogP contribution in [-0.4, -0.2) is 58.7 Å². The zero-order chi connectivity index (χ0) is 34.9. The molecule has 0 saturated carbocycles. The summed E-state index contributed by atoms with van der Waals surface area (Å²) in [5.41, 5.74) is 6.76. The van der Waals surface area contributed by atoms with Crippen LogP contribution in [0, 0.1) is 13.8 Å². The van der Waals surface area contributed by atoms with Crippen LogP contribution in [0.4, 0.5) is 0 Å². The van der Waals surface area contributed by atoms with Crippen LogP contribution in [0.2, 0.25) is 0 Å². The molecule has 0 aliphatic carbocycles. The minimum Gasteiger partial charge on any atom is -0.481 e. The number of nitrogens with one attached hydrogen (secondary N) is 2. The van der Waals surface area contributed by atoms with E-state index in [0.29, 0.717) is 62.9 Å². The summed E-state index contributed by atoms with van der Waals surface area (Å²) in [6.07, 6.45) is 0. The molecule has 0 spiro atoms. The van der Waals surface area contributed by atoms with Crippen molar-refractivity contribution >= 4 is 0 Å². The number of aromatic nitrogens is 2. The number of aliphatic hydroxyl groups is 2. The molecule has 2 aromatic carbocycles. The highest BCUT2D eigenvalue weighted by atomic mass is 16.5. The Hall–Kier alpha value is -4.22. The average molecular weight is 659 g/mol. The molecule has 0 atom stereocenters. The second kappa shape index (κ2) is 16.3. The fourth-order valence-corrected chi connectivity index (χ4v) is 5.26. The van der Waals surface area contributed by atoms with Crippen LogP contribution < -0.4 is 29.6 Å². The molecule has 258 valence electrons. The lowest BCUT2D eigenvalue weighted by atomic mass is 9.92. The summed E-state index contributed by atoms with van der Waals surface area (Å²) in [5.74, 6) is 1.92. The maximum absolute atomic E-state index is 9.97. The number of hydrogen-bond acceptors (Lipinski definition) is 10. The summed E-state index contributed by atoms with van der Waals surface area (Å²) in [6, 6.07) is 20.0. The quantitative estimate of drug-likeness (QED) is 0.113. The summed E-state index contributed by atoms with van der Waals surface area (Å²) in [7, 11) is 3.18. The maximum atomic E-state index is 9.97. The van der Waals surface area contributed by atoms with Crippen LogP contribution in [-0.2, 0) is 26.3 Å². The summed E-state index contributed by atoms with van der Waals surface area (Å²) in [5, 5.41) is 26.4. The molecule has 10 heteroatoms. The van der Waals surface area contributed by atoms with Crippen molar-refractivity contribution in [2.75, 3.05) is 27.3 Å². The molecule has 0 aliphatic heterocycles. The third-order valence-corrected chi connectivity index (χ3v) is 7.89. The fourth-order valence-electron chi connectivity index (χ4n) is 5.26. The molecule has 48 heavy (non-hydrogen) atoms. The van der Waals surface area contributed by atoms with E-state index >= 15 is 0 Å². The molecule has 0 amide bonds. The number of benzene rings is 2. The number of pyridine rings is 2. The second-order valence-electron chi connectivity index (χ2n) is 13.2. The zero-order valence-electron chi connectivity index (χ0n) is 29.4. The summed E-state index contributed by atoms with van der Waals surface area (Å²) < 4.78 is 23.3. The normalized spacial score (nSPS) is 11.8. The van der Waals surface area contributed by atoms with Gasteiger partial charge in [0.25, 0.3) is 0 Å². The minimum absolute atomic E-state index is 0.352. The van der Waals surface area contributed by atoms with Crippen molar-refractivity contribution in [3.05, 3.63) is 94.0 Å². The SMILES string of the molecule is COc1nc(OCc2cccc(-c3cccc(COc4ccc(CNCC(C)(C)O)c(OC)n4)c3C)c2C)ccc1CNCC(C)(C)O. The third kappa shape index (κ3) is 10.4. The highest BCUT2D eigenvalue weighted by molar-refractivity contribution is 5.72. The van der Waals surface area contributed by atoms with Crippen LogP contribution in [0.5, 0.6) is 23.5 Å². The molecule has 10 nitrogen and oxygen atoms in total. The van der Waals surface area contributed by atoms with Crippen molar-refractivity contribution in [2.24, 2.45) is 0 Å². The van der Waals surface area contributed by atoms with Gasteiger partial charge in [-0.1, -0.05) is 36.4 Å². The monoisotopic (exact) mass is 658 g/mol. The van der Waals surface area contributed by atoms with Crippen LogP contribution in [0.3, 0.4) is 0 Å². The van der Waals surface area contributed by atoms with Crippen molar-refractivity contribution in [2.45, 2.75) is 79.0 Å². The topological polar surface area (TPSA) is 127 Å². The van der Waals surface area contributed by atoms with Gasteiger partial charge in [-0.05, 0) is 87.1 Å². The first kappa shape index (κ1) is 36.6. The van der Waals surface area contributed by atoms with Crippen molar-refractivity contribution in [3.63, 3.8) is 0 Å². The Bertz CT molecular complexity index is 1540. The molecular weight excluding hydrogens is 608 g/mol. The highest BCUT2D eigenvalue weighted by Gasteiger charge is 2.16. The fraction of sp³-hybridized carbons (Fsp3) is 0.421. The zero-order valence-corrected chi connectivity index (χ0v) is 29.4. The van der Waals surface area contributed by atoms with E-state index in [1.807, 2.05) is 36.4 Å². The first-order valence-corrected chi connectivity index (χ1v) is 16.1. The average Bonchev–Trinajstić information content (AvgIpc) is 3.03. The third-order valence-electron chi connectivity index (χ3n) is 7.89. The molecule has 4 rings (SSSR count). The highest BCUT2D eigenvalue weighted by Crippen LogP contribution is 2.32. The predicted molar refractivity (Wildman–Crippen MR) is 188 cm³/mol. The van der Waals surface area contributed by atoms with Crippen molar-refractivity contribution in [1.29, 1.82) is 0 Å². The van der Waals surface area contributed by atoms with Gasteiger partial charge in [-0.25, -0.2) is 0 Å². The van der Waals surface area contributed by atoms with E-state index < -0.39 is 11.2 Å². The van der Waals surface area contributed by atoms with Crippen molar-refractivity contribution in [3.8, 4) is 34.6 Å². The number of rotatable bonds is 17. The molecule has 2 heterocycles. The lowest BCUT2D eigenvalue weighted by Gasteiger charge is -2.19. The molecule has 4 N–H and O–H groups in total. The Morgan fingerprint density at radius 2 is 0.979 bits per heavy atom. The molecule has 0 saturated heterocycles. The van der Waals surface area contributed by atoms with Gasteiger partial charge in [0.1, 0.15) is 13.2 Å². The molecule has 2 aromatic heterocycles. The number of nitrogens with zero attached hydrogens (tertiary/aromatic N) is 2. The van der Waals surface area contributed by atoms with Gasteiger partial charge in [0.2, 0.25) is 23.5 Å². The lowest BCUT2D eigenvalue weighted by molar-refractivity contribution is 0.0788. The first-order valence-electron chi connectivity index (χ1n) is 16.1. The van der Waals surface area contributed by atoms with Crippen LogP contribution >= 0.6 is 0 Å². The van der Waals surface area contributed by atoms with E-state index in [1.54, 1.807) is 41.9 Å². The standard InChI is InChI=1S/C38H50N4O6/c1-25-29(21-47-33-17-15-27(35(41-33)45-7)19-39-23-37(3,4)43)11-9-13-31(25)32-14-10-12-30(26(32)2)22-48-34-18-16-28(36(42-34)46-8)20-40-24-38(5,6)44/h9-18,39-40,43-44H,19-24H2,1-8H3. The van der Waals surface area contributed by atoms with E-state index in [1.165, 1.54) is 0 Å². The molecule has 4 aromatic rings. The molecular formula is C38H50N4O6. The Balaban J connectivity index is 1.43. The van der Waals surface area contributed by atoms with Gasteiger partial charge in [-0.2, -0.15) is 9.97 Å². The summed E-state index contributed by atoms with van der Waals surface area (Å²) in [6.45, 7) is 13.9. The van der Waals surface area contributed by atoms with E-state index in [2.05, 4.69) is 58.7 Å². The number of ether oxygens (including phenoxy) is 4. The van der Waals surface area contributed by atoms with E-state index in [4.69, 9.17) is 18.9 Å². The van der Waals surface area contributed by atoms with E-state index in [0.717, 1.165) is 44.5 Å². The van der Waals surface area contributed by atoms with Crippen LogP contribution in [0.15, 0.2) is 60.7 Å². The molecule has 0 unspecified atom stereocenters. The summed E-state index contributed by atoms with van der Waals surface area (Å²) >= 11 is 0. The van der Waals surface area contributed by atoms with E-state index in [9.17, 15) is 10.2 Å². The minimum atomic E-state index is -0.805. The second-order valence-corrected chi connectivity index (χ2v) is 13.2. The van der Waals surface area contributed by atoms with Crippen molar-refractivity contribution in [1.82, 2.24) is 20.6 Å². The lowest BCUT2D eigenvalue weighted by Crippen LogP contribution is -2.34. The Morgan fingerprint density at radius 3 is 1.33 bits per heavy atom. The Labute approximate surface area is 284 Å². The smallest absolute Gasteiger partial charge is 0.220 e. The predicted octanol–water partition coefficient (Wildman–Crippen LogP) is 5.66. The molecule has 0 radical (unpaired) electrons. The maximum Gasteiger partial charge on any atom is 0.220 e. The molecule has 0 fully saturated rings. The van der Waals surface area contributed by atoms with Gasteiger partial charge in [-0.15, -0.1) is 0 Å². The van der Waals surface area contributed by atoms with Crippen LogP contribution in [0.25, 0.3) is 11.1 Å². The van der Waals surface area contributed by atoms with Gasteiger partial charge >= 0.3 is 0 Å². The Morgan fingerprint density at radius 1 is 0.583 bits per heavy atom. The van der Waals surface area contributed by atoms with Crippen LogP contribution in [0.1, 0.15) is 61.1 Å². The first-order chi connectivity index (χ1) is 22.8. The largest absolute Gasteiger partial charge is 0.481 e. The van der Waals surface area contributed by atoms with Gasteiger partial charge in [0.05, 0.1) is 25.4 Å². The van der Waals surface area contributed by atoms with Gasteiger partial charge in [0.15, 0.2) is 0 Å². The molecule has 0 aliphatic rings. The van der Waals surface area contributed by atoms with Gasteiger partial charge in [-0.3, -0.25) is 0 Å². The summed E-state index contributed by atoms with van der Waals surface area (Å²) in [4.78, 5) is 9.11. The van der Waals surface area contributed by atoms with Crippen molar-refractivity contribution < 1.29 is 29.2 Å².